The number of nitrogens with zero attached hydrogens (tertiary/aromatic N) is 1. The fourth-order valence-electron chi connectivity index (χ4n) is 2.81. The van der Waals surface area contributed by atoms with Gasteiger partial charge in [-0.2, -0.15) is 0 Å². The predicted octanol–water partition coefficient (Wildman–Crippen LogP) is 2.72. The first-order valence-corrected chi connectivity index (χ1v) is 8.12. The van der Waals surface area contributed by atoms with E-state index < -0.39 is 0 Å². The molecule has 2 amide bonds. The summed E-state index contributed by atoms with van der Waals surface area (Å²) >= 11 is 0. The molecule has 4 heteroatoms. The maximum Gasteiger partial charge on any atom is 0.245 e. The molecule has 1 aliphatic rings. The summed E-state index contributed by atoms with van der Waals surface area (Å²) in [6.45, 7) is 9.09. The van der Waals surface area contributed by atoms with E-state index in [0.29, 0.717) is 5.92 Å². The second-order valence-electron chi connectivity index (χ2n) is 6.23. The lowest BCUT2D eigenvalue weighted by atomic mass is 9.96. The van der Waals surface area contributed by atoms with E-state index in [-0.39, 0.29) is 23.9 Å². The van der Waals surface area contributed by atoms with Crippen molar-refractivity contribution in [1.82, 2.24) is 10.2 Å². The monoisotopic (exact) mass is 282 g/mol. The summed E-state index contributed by atoms with van der Waals surface area (Å²) < 4.78 is 0. The molecule has 1 saturated heterocycles. The van der Waals surface area contributed by atoms with Crippen molar-refractivity contribution in [3.8, 4) is 0 Å². The van der Waals surface area contributed by atoms with Gasteiger partial charge in [-0.05, 0) is 25.2 Å². The van der Waals surface area contributed by atoms with Gasteiger partial charge in [-0.15, -0.1) is 0 Å². The number of rotatable bonds is 8. The highest BCUT2D eigenvalue weighted by Crippen LogP contribution is 2.19. The van der Waals surface area contributed by atoms with Crippen molar-refractivity contribution < 1.29 is 9.59 Å². The summed E-state index contributed by atoms with van der Waals surface area (Å²) in [6.07, 6.45) is 5.64. The predicted molar refractivity (Wildman–Crippen MR) is 81.3 cm³/mol. The van der Waals surface area contributed by atoms with E-state index in [1.54, 1.807) is 0 Å². The number of carbonyl (C=O) groups is 2. The van der Waals surface area contributed by atoms with Crippen LogP contribution in [-0.2, 0) is 9.59 Å². The zero-order valence-electron chi connectivity index (χ0n) is 13.4. The largest absolute Gasteiger partial charge is 0.342 e. The average molecular weight is 282 g/mol. The van der Waals surface area contributed by atoms with Gasteiger partial charge in [-0.25, -0.2) is 0 Å². The number of hydrogen-bond acceptors (Lipinski definition) is 2. The number of hydrogen-bond donors (Lipinski definition) is 1. The number of carbonyl (C=O) groups excluding carboxylic acids is 2. The quantitative estimate of drug-likeness (QED) is 0.696. The SMILES string of the molecule is CCCCCN1C(=O)C(CC(C)C)NC(=O)C1CCC. The van der Waals surface area contributed by atoms with Crippen molar-refractivity contribution in [2.45, 2.75) is 78.3 Å². The van der Waals surface area contributed by atoms with Gasteiger partial charge in [-0.1, -0.05) is 47.0 Å². The van der Waals surface area contributed by atoms with E-state index in [0.717, 1.165) is 45.1 Å². The molecule has 0 spiro atoms. The molecule has 0 bridgehead atoms. The van der Waals surface area contributed by atoms with Gasteiger partial charge in [0.2, 0.25) is 11.8 Å². The van der Waals surface area contributed by atoms with Crippen molar-refractivity contribution in [2.24, 2.45) is 5.92 Å². The smallest absolute Gasteiger partial charge is 0.245 e. The van der Waals surface area contributed by atoms with Gasteiger partial charge >= 0.3 is 0 Å². The summed E-state index contributed by atoms with van der Waals surface area (Å²) in [6, 6.07) is -0.579. The Balaban J connectivity index is 2.77. The van der Waals surface area contributed by atoms with E-state index in [9.17, 15) is 9.59 Å². The van der Waals surface area contributed by atoms with Gasteiger partial charge in [0, 0.05) is 6.54 Å². The molecule has 1 N–H and O–H groups in total. The normalized spacial score (nSPS) is 23.4. The molecule has 0 saturated carbocycles. The molecule has 1 heterocycles. The lowest BCUT2D eigenvalue weighted by molar-refractivity contribution is -0.150. The van der Waals surface area contributed by atoms with E-state index in [1.807, 2.05) is 4.90 Å². The zero-order valence-corrected chi connectivity index (χ0v) is 13.4. The third kappa shape index (κ3) is 4.50. The second kappa shape index (κ2) is 8.28. The Morgan fingerprint density at radius 2 is 1.85 bits per heavy atom. The number of piperazine rings is 1. The van der Waals surface area contributed by atoms with E-state index in [2.05, 4.69) is 33.0 Å². The Hall–Kier alpha value is -1.06. The third-order valence-electron chi connectivity index (χ3n) is 3.85. The third-order valence-corrected chi connectivity index (χ3v) is 3.85. The van der Waals surface area contributed by atoms with Crippen LogP contribution in [0, 0.1) is 5.92 Å². The van der Waals surface area contributed by atoms with Crippen molar-refractivity contribution >= 4 is 11.8 Å². The Kier molecular flexibility index (Phi) is 7.03. The topological polar surface area (TPSA) is 49.4 Å². The van der Waals surface area contributed by atoms with Crippen molar-refractivity contribution in [2.75, 3.05) is 6.54 Å². The maximum atomic E-state index is 12.6. The Bertz CT molecular complexity index is 328. The van der Waals surface area contributed by atoms with E-state index in [1.165, 1.54) is 0 Å². The van der Waals surface area contributed by atoms with Gasteiger partial charge in [0.05, 0.1) is 0 Å². The van der Waals surface area contributed by atoms with Gasteiger partial charge in [-0.3, -0.25) is 9.59 Å². The van der Waals surface area contributed by atoms with Crippen molar-refractivity contribution in [3.63, 3.8) is 0 Å². The van der Waals surface area contributed by atoms with Gasteiger partial charge in [0.15, 0.2) is 0 Å². The fourth-order valence-corrected chi connectivity index (χ4v) is 2.81. The van der Waals surface area contributed by atoms with Crippen LogP contribution in [0.1, 0.15) is 66.2 Å². The molecule has 1 rings (SSSR count). The first kappa shape index (κ1) is 17.0. The Labute approximate surface area is 123 Å². The molecule has 0 aromatic carbocycles. The highest BCUT2D eigenvalue weighted by Gasteiger charge is 2.39. The van der Waals surface area contributed by atoms with Crippen LogP contribution in [0.15, 0.2) is 0 Å². The molecule has 0 aromatic heterocycles. The van der Waals surface area contributed by atoms with Gasteiger partial charge in [0.25, 0.3) is 0 Å². The number of unbranched alkanes of at least 4 members (excludes halogenated alkanes) is 2. The molecule has 2 unspecified atom stereocenters. The fraction of sp³-hybridized carbons (Fsp3) is 0.875. The van der Waals surface area contributed by atoms with Crippen LogP contribution in [0.2, 0.25) is 0 Å². The molecule has 116 valence electrons. The zero-order chi connectivity index (χ0) is 15.1. The lowest BCUT2D eigenvalue weighted by Crippen LogP contribution is -2.63. The molecular weight excluding hydrogens is 252 g/mol. The molecule has 0 aliphatic carbocycles. The van der Waals surface area contributed by atoms with Crippen LogP contribution >= 0.6 is 0 Å². The molecule has 2 atom stereocenters. The average Bonchev–Trinajstić information content (AvgIpc) is 2.38. The lowest BCUT2D eigenvalue weighted by Gasteiger charge is -2.39. The maximum absolute atomic E-state index is 12.6. The standard InChI is InChI=1S/C16H30N2O2/c1-5-7-8-10-18-14(9-6-2)15(19)17-13(16(18)20)11-12(3)4/h12-14H,5-11H2,1-4H3,(H,17,19). The molecule has 1 aliphatic heterocycles. The van der Waals surface area contributed by atoms with E-state index in [4.69, 9.17) is 0 Å². The summed E-state index contributed by atoms with van der Waals surface area (Å²) in [5, 5.41) is 2.92. The van der Waals surface area contributed by atoms with Crippen LogP contribution in [0.3, 0.4) is 0 Å². The number of nitrogens with one attached hydrogen (secondary N) is 1. The Morgan fingerprint density at radius 1 is 1.15 bits per heavy atom. The Morgan fingerprint density at radius 3 is 2.40 bits per heavy atom. The highest BCUT2D eigenvalue weighted by atomic mass is 16.2. The first-order chi connectivity index (χ1) is 9.51. The summed E-state index contributed by atoms with van der Waals surface area (Å²) in [7, 11) is 0. The molecular formula is C16H30N2O2. The number of amides is 2. The van der Waals surface area contributed by atoms with Crippen LogP contribution in [0.5, 0.6) is 0 Å². The molecule has 0 radical (unpaired) electrons. The minimum Gasteiger partial charge on any atom is -0.342 e. The second-order valence-corrected chi connectivity index (χ2v) is 6.23. The van der Waals surface area contributed by atoms with Crippen LogP contribution in [0.4, 0.5) is 0 Å². The van der Waals surface area contributed by atoms with Crippen LogP contribution in [0.25, 0.3) is 0 Å². The van der Waals surface area contributed by atoms with Gasteiger partial charge < -0.3 is 10.2 Å². The van der Waals surface area contributed by atoms with E-state index >= 15 is 0 Å². The first-order valence-electron chi connectivity index (χ1n) is 8.12. The molecule has 4 nitrogen and oxygen atoms in total. The van der Waals surface area contributed by atoms with Crippen LogP contribution < -0.4 is 5.32 Å². The summed E-state index contributed by atoms with van der Waals surface area (Å²) in [4.78, 5) is 26.7. The van der Waals surface area contributed by atoms with Crippen molar-refractivity contribution in [1.29, 1.82) is 0 Å². The summed E-state index contributed by atoms with van der Waals surface area (Å²) in [5.41, 5.74) is 0. The van der Waals surface area contributed by atoms with Crippen LogP contribution in [-0.4, -0.2) is 35.3 Å². The molecule has 0 aromatic rings. The minimum absolute atomic E-state index is 0.0357. The summed E-state index contributed by atoms with van der Waals surface area (Å²) in [5.74, 6) is 0.561. The highest BCUT2D eigenvalue weighted by molar-refractivity contribution is 5.96. The minimum atomic E-state index is -0.322. The molecule has 1 fully saturated rings. The van der Waals surface area contributed by atoms with Crippen molar-refractivity contribution in [3.05, 3.63) is 0 Å². The van der Waals surface area contributed by atoms with Gasteiger partial charge in [0.1, 0.15) is 12.1 Å². The molecule has 20 heavy (non-hydrogen) atoms.